The predicted octanol–water partition coefficient (Wildman–Crippen LogP) is 7.24. The van der Waals surface area contributed by atoms with Crippen molar-refractivity contribution in [1.82, 2.24) is 0 Å². The van der Waals surface area contributed by atoms with Gasteiger partial charge in [0.15, 0.2) is 0 Å². The average molecular weight is 508 g/mol. The summed E-state index contributed by atoms with van der Waals surface area (Å²) < 4.78 is 32.4. The maximum absolute atomic E-state index is 13.7. The van der Waals surface area contributed by atoms with Crippen molar-refractivity contribution in [2.75, 3.05) is 17.2 Å². The second kappa shape index (κ2) is 11.8. The van der Waals surface area contributed by atoms with Gasteiger partial charge in [-0.15, -0.1) is 0 Å². The Morgan fingerprint density at radius 2 is 1.85 bits per heavy atom. The molecule has 1 atom stereocenters. The summed E-state index contributed by atoms with van der Waals surface area (Å²) in [7, 11) is -1.36. The summed E-state index contributed by atoms with van der Waals surface area (Å²) in [5.74, 6) is -2.62. The zero-order valence-electron chi connectivity index (χ0n) is 19.6. The molecule has 8 heteroatoms. The molecule has 1 aliphatic rings. The van der Waals surface area contributed by atoms with Gasteiger partial charge < -0.3 is 14.7 Å². The quantitative estimate of drug-likeness (QED) is 0.271. The summed E-state index contributed by atoms with van der Waals surface area (Å²) in [4.78, 5) is 13.5. The molecule has 0 aliphatic carbocycles. The van der Waals surface area contributed by atoms with E-state index < -0.39 is 22.6 Å². The molecule has 0 amide bonds. The monoisotopic (exact) mass is 507 g/mol. The molecule has 0 saturated carbocycles. The predicted molar refractivity (Wildman–Crippen MR) is 135 cm³/mol. The van der Waals surface area contributed by atoms with E-state index in [1.165, 1.54) is 0 Å². The van der Waals surface area contributed by atoms with Crippen molar-refractivity contribution in [1.29, 1.82) is 0 Å². The fraction of sp³-hybridized carbons (Fsp3) is 0.423. The van der Waals surface area contributed by atoms with Crippen LogP contribution in [0.15, 0.2) is 59.4 Å². The fourth-order valence-electron chi connectivity index (χ4n) is 4.36. The first-order valence-electron chi connectivity index (χ1n) is 11.6. The molecule has 0 radical (unpaired) electrons. The van der Waals surface area contributed by atoms with Crippen LogP contribution >= 0.6 is 11.6 Å². The van der Waals surface area contributed by atoms with Gasteiger partial charge >= 0.3 is 5.97 Å². The van der Waals surface area contributed by atoms with Crippen LogP contribution in [0.1, 0.15) is 52.4 Å². The van der Waals surface area contributed by atoms with Gasteiger partial charge in [0, 0.05) is 29.5 Å². The van der Waals surface area contributed by atoms with Crippen molar-refractivity contribution in [2.45, 2.75) is 57.3 Å². The molecule has 2 aromatic rings. The van der Waals surface area contributed by atoms with Crippen LogP contribution < -0.4 is 9.64 Å². The minimum atomic E-state index is -1.73. The number of benzene rings is 2. The molecule has 0 bridgehead atoms. The van der Waals surface area contributed by atoms with E-state index in [4.69, 9.17) is 21.4 Å². The lowest BCUT2D eigenvalue weighted by molar-refractivity contribution is -0.134. The number of halogens is 2. The molecule has 3 rings (SSSR count). The van der Waals surface area contributed by atoms with Gasteiger partial charge in [-0.05, 0) is 31.0 Å². The fourth-order valence-corrected chi connectivity index (χ4v) is 6.30. The average Bonchev–Trinajstić information content (AvgIpc) is 2.94. The van der Waals surface area contributed by atoms with Crippen LogP contribution in [-0.4, -0.2) is 27.6 Å². The zero-order chi connectivity index (χ0) is 24.7. The second-order valence-electron chi connectivity index (χ2n) is 8.76. The SMILES string of the molecule is CCCCC1(CCCC)CN(c2ccccc2)c2cc(Cl)c(O/C=C(\F)C(=O)O)cc2S(=O)C1. The highest BCUT2D eigenvalue weighted by molar-refractivity contribution is 7.85. The number of carbonyl (C=O) groups is 1. The molecule has 184 valence electrons. The minimum Gasteiger partial charge on any atom is -0.476 e. The van der Waals surface area contributed by atoms with Crippen LogP contribution in [0.5, 0.6) is 5.75 Å². The van der Waals surface area contributed by atoms with Crippen molar-refractivity contribution in [3.63, 3.8) is 0 Å². The van der Waals surface area contributed by atoms with Crippen molar-refractivity contribution in [3.05, 3.63) is 59.6 Å². The Balaban J connectivity index is 2.12. The first kappa shape index (κ1) is 26.2. The first-order chi connectivity index (χ1) is 16.3. The van der Waals surface area contributed by atoms with Gasteiger partial charge in [0.2, 0.25) is 5.83 Å². The number of hydrogen-bond donors (Lipinski definition) is 1. The van der Waals surface area contributed by atoms with Gasteiger partial charge in [0.1, 0.15) is 12.0 Å². The Morgan fingerprint density at radius 3 is 2.44 bits per heavy atom. The molecule has 1 N–H and O–H groups in total. The highest BCUT2D eigenvalue weighted by Gasteiger charge is 2.39. The lowest BCUT2D eigenvalue weighted by Crippen LogP contribution is -2.37. The largest absolute Gasteiger partial charge is 0.476 e. The first-order valence-corrected chi connectivity index (χ1v) is 13.3. The summed E-state index contributed by atoms with van der Waals surface area (Å²) in [6, 6.07) is 13.2. The number of rotatable bonds is 10. The smallest absolute Gasteiger partial charge is 0.368 e. The summed E-state index contributed by atoms with van der Waals surface area (Å²) >= 11 is 6.47. The zero-order valence-corrected chi connectivity index (χ0v) is 21.1. The highest BCUT2D eigenvalue weighted by Crippen LogP contribution is 2.46. The number of para-hydroxylation sites is 1. The van der Waals surface area contributed by atoms with E-state index in [-0.39, 0.29) is 16.2 Å². The number of ether oxygens (including phenoxy) is 1. The van der Waals surface area contributed by atoms with Crippen molar-refractivity contribution >= 4 is 39.7 Å². The van der Waals surface area contributed by atoms with E-state index in [2.05, 4.69) is 18.7 Å². The third kappa shape index (κ3) is 6.19. The van der Waals surface area contributed by atoms with E-state index in [9.17, 15) is 13.4 Å². The molecule has 5 nitrogen and oxygen atoms in total. The van der Waals surface area contributed by atoms with Crippen LogP contribution in [0.25, 0.3) is 0 Å². The van der Waals surface area contributed by atoms with E-state index in [1.807, 2.05) is 30.3 Å². The number of hydrogen-bond acceptors (Lipinski definition) is 4. The summed E-state index contributed by atoms with van der Waals surface area (Å²) in [6.07, 6.45) is 6.65. The molecule has 0 fully saturated rings. The summed E-state index contributed by atoms with van der Waals surface area (Å²) in [6.45, 7) is 5.04. The van der Waals surface area contributed by atoms with E-state index >= 15 is 0 Å². The van der Waals surface area contributed by atoms with Gasteiger partial charge in [-0.1, -0.05) is 69.3 Å². The molecular weight excluding hydrogens is 477 g/mol. The van der Waals surface area contributed by atoms with Gasteiger partial charge in [0.05, 0.1) is 26.4 Å². The Morgan fingerprint density at radius 1 is 1.21 bits per heavy atom. The Hall–Kier alpha value is -2.38. The van der Waals surface area contributed by atoms with E-state index in [1.54, 1.807) is 12.1 Å². The second-order valence-corrected chi connectivity index (χ2v) is 10.6. The molecule has 1 aliphatic heterocycles. The lowest BCUT2D eigenvalue weighted by atomic mass is 9.79. The minimum absolute atomic E-state index is 0.0628. The van der Waals surface area contributed by atoms with Crippen LogP contribution in [0, 0.1) is 5.41 Å². The van der Waals surface area contributed by atoms with Crippen LogP contribution in [0.2, 0.25) is 5.02 Å². The summed E-state index contributed by atoms with van der Waals surface area (Å²) in [5, 5.41) is 8.93. The molecule has 1 heterocycles. The van der Waals surface area contributed by atoms with Gasteiger partial charge in [0.25, 0.3) is 0 Å². The van der Waals surface area contributed by atoms with E-state index in [0.29, 0.717) is 23.5 Å². The molecular formula is C26H31ClFNO4S. The summed E-state index contributed by atoms with van der Waals surface area (Å²) in [5.41, 5.74) is 1.55. The third-order valence-corrected chi connectivity index (χ3v) is 8.15. The van der Waals surface area contributed by atoms with Crippen LogP contribution in [-0.2, 0) is 15.6 Å². The molecule has 2 aromatic carbocycles. The number of carboxylic acids is 1. The van der Waals surface area contributed by atoms with Gasteiger partial charge in [-0.25, -0.2) is 4.79 Å². The molecule has 1 unspecified atom stereocenters. The highest BCUT2D eigenvalue weighted by atomic mass is 35.5. The standard InChI is InChI=1S/C26H31ClFNO4S/c1-3-5-12-26(13-6-4-2)17-29(19-10-8-7-9-11-19)22-14-20(27)23(15-24(22)34(32)18-26)33-16-21(28)25(30)31/h7-11,14-16H,3-6,12-13,17-18H2,1-2H3,(H,30,31)/b21-16-. The lowest BCUT2D eigenvalue weighted by Gasteiger charge is -2.37. The number of fused-ring (bicyclic) bond motifs is 1. The van der Waals surface area contributed by atoms with Crippen molar-refractivity contribution < 1.29 is 23.2 Å². The Labute approximate surface area is 208 Å². The van der Waals surface area contributed by atoms with Gasteiger partial charge in [-0.2, -0.15) is 4.39 Å². The van der Waals surface area contributed by atoms with Crippen molar-refractivity contribution in [2.24, 2.45) is 5.41 Å². The number of nitrogens with zero attached hydrogens (tertiary/aromatic N) is 1. The number of unbranched alkanes of at least 4 members (excludes halogenated alkanes) is 2. The van der Waals surface area contributed by atoms with Gasteiger partial charge in [-0.3, -0.25) is 4.21 Å². The topological polar surface area (TPSA) is 66.8 Å². The van der Waals surface area contributed by atoms with Crippen LogP contribution in [0.3, 0.4) is 0 Å². The van der Waals surface area contributed by atoms with Crippen molar-refractivity contribution in [3.8, 4) is 5.75 Å². The van der Waals surface area contributed by atoms with E-state index in [0.717, 1.165) is 49.9 Å². The normalized spacial score (nSPS) is 17.7. The maximum atomic E-state index is 13.7. The molecule has 0 saturated heterocycles. The number of anilines is 2. The Kier molecular flexibility index (Phi) is 9.14. The Bertz CT molecular complexity index is 1050. The molecule has 0 aromatic heterocycles. The van der Waals surface area contributed by atoms with Crippen LogP contribution in [0.4, 0.5) is 15.8 Å². The number of carboxylic acid groups (broad SMARTS) is 1. The molecule has 0 spiro atoms. The molecule has 34 heavy (non-hydrogen) atoms. The third-order valence-electron chi connectivity index (χ3n) is 6.16. The maximum Gasteiger partial charge on any atom is 0.368 e. The number of aliphatic carboxylic acids is 1.